The first-order valence-electron chi connectivity index (χ1n) is 4.56. The second-order valence-corrected chi connectivity index (χ2v) is 3.28. The van der Waals surface area contributed by atoms with Gasteiger partial charge in [-0.15, -0.1) is 0 Å². The predicted molar refractivity (Wildman–Crippen MR) is 49.7 cm³/mol. The molecule has 1 aromatic rings. The van der Waals surface area contributed by atoms with Gasteiger partial charge in [-0.05, 0) is 6.42 Å². The summed E-state index contributed by atoms with van der Waals surface area (Å²) in [5, 5.41) is 0. The Labute approximate surface area is 77.5 Å². The lowest BCUT2D eigenvalue weighted by Gasteiger charge is -1.97. The predicted octanol–water partition coefficient (Wildman–Crippen LogP) is 2.05. The van der Waals surface area contributed by atoms with Crippen LogP contribution in [0.4, 0.5) is 0 Å². The van der Waals surface area contributed by atoms with Crippen LogP contribution in [0.3, 0.4) is 0 Å². The van der Waals surface area contributed by atoms with Crippen LogP contribution in [0.15, 0.2) is 30.3 Å². The Morgan fingerprint density at radius 3 is 2.69 bits per heavy atom. The third kappa shape index (κ3) is 2.39. The van der Waals surface area contributed by atoms with Crippen molar-refractivity contribution in [3.63, 3.8) is 0 Å². The quantitative estimate of drug-likeness (QED) is 0.519. The van der Waals surface area contributed by atoms with Crippen LogP contribution in [-0.4, -0.2) is 18.5 Å². The molecule has 2 rings (SSSR count). The van der Waals surface area contributed by atoms with Crippen molar-refractivity contribution in [2.75, 3.05) is 6.61 Å². The number of ether oxygens (including phenoxy) is 1. The van der Waals surface area contributed by atoms with Gasteiger partial charge in [0.1, 0.15) is 0 Å². The first-order chi connectivity index (χ1) is 6.36. The molecule has 0 amide bonds. The van der Waals surface area contributed by atoms with Gasteiger partial charge in [-0.3, -0.25) is 4.79 Å². The van der Waals surface area contributed by atoms with Crippen molar-refractivity contribution in [2.24, 2.45) is 0 Å². The minimum atomic E-state index is 0.219. The van der Waals surface area contributed by atoms with E-state index in [0.29, 0.717) is 12.5 Å². The average molecular weight is 176 g/mol. The SMILES string of the molecule is O=C(CC[C@H]1CO1)c1ccccc1. The minimum Gasteiger partial charge on any atom is -0.373 e. The number of hydrogen-bond donors (Lipinski definition) is 0. The molecule has 13 heavy (non-hydrogen) atoms. The molecular weight excluding hydrogens is 164 g/mol. The Kier molecular flexibility index (Phi) is 2.41. The van der Waals surface area contributed by atoms with Crippen LogP contribution in [0.1, 0.15) is 23.2 Å². The fraction of sp³-hybridized carbons (Fsp3) is 0.364. The highest BCUT2D eigenvalue weighted by Gasteiger charge is 2.23. The van der Waals surface area contributed by atoms with E-state index >= 15 is 0 Å². The molecule has 68 valence electrons. The number of Topliss-reactive ketones (excluding diaryl/α,β-unsaturated/α-hetero) is 1. The van der Waals surface area contributed by atoms with E-state index in [2.05, 4.69) is 0 Å². The molecule has 0 aliphatic carbocycles. The Morgan fingerprint density at radius 2 is 2.08 bits per heavy atom. The van der Waals surface area contributed by atoms with Crippen molar-refractivity contribution in [1.29, 1.82) is 0 Å². The lowest BCUT2D eigenvalue weighted by Crippen LogP contribution is -2.00. The number of carbonyl (C=O) groups excluding carboxylic acids is 1. The summed E-state index contributed by atoms with van der Waals surface area (Å²) in [7, 11) is 0. The fourth-order valence-corrected chi connectivity index (χ4v) is 1.30. The molecule has 1 fully saturated rings. The zero-order valence-electron chi connectivity index (χ0n) is 7.40. The van der Waals surface area contributed by atoms with Crippen molar-refractivity contribution in [3.8, 4) is 0 Å². The van der Waals surface area contributed by atoms with Gasteiger partial charge in [-0.1, -0.05) is 30.3 Å². The Balaban J connectivity index is 1.89. The van der Waals surface area contributed by atoms with Crippen LogP contribution in [-0.2, 0) is 4.74 Å². The van der Waals surface area contributed by atoms with E-state index < -0.39 is 0 Å². The highest BCUT2D eigenvalue weighted by atomic mass is 16.6. The van der Waals surface area contributed by atoms with E-state index in [9.17, 15) is 4.79 Å². The molecule has 1 heterocycles. The molecule has 1 aromatic carbocycles. The second kappa shape index (κ2) is 3.71. The summed E-state index contributed by atoms with van der Waals surface area (Å²) >= 11 is 0. The fourth-order valence-electron chi connectivity index (χ4n) is 1.30. The van der Waals surface area contributed by atoms with Crippen LogP contribution < -0.4 is 0 Å². The van der Waals surface area contributed by atoms with Crippen LogP contribution in [0.5, 0.6) is 0 Å². The zero-order chi connectivity index (χ0) is 9.10. The Morgan fingerprint density at radius 1 is 1.38 bits per heavy atom. The van der Waals surface area contributed by atoms with Crippen molar-refractivity contribution < 1.29 is 9.53 Å². The molecule has 0 aromatic heterocycles. The van der Waals surface area contributed by atoms with Crippen molar-refractivity contribution >= 4 is 5.78 Å². The third-order valence-electron chi connectivity index (χ3n) is 2.19. The summed E-state index contributed by atoms with van der Waals surface area (Å²) < 4.78 is 5.04. The van der Waals surface area contributed by atoms with Gasteiger partial charge in [0.25, 0.3) is 0 Å². The highest BCUT2D eigenvalue weighted by molar-refractivity contribution is 5.95. The molecular formula is C11H12O2. The molecule has 1 saturated heterocycles. The standard InChI is InChI=1S/C11H12O2/c12-11(7-6-10-8-13-10)9-4-2-1-3-5-9/h1-5,10H,6-8H2/t10-/m0/s1. The number of rotatable bonds is 4. The minimum absolute atomic E-state index is 0.219. The van der Waals surface area contributed by atoms with E-state index in [1.807, 2.05) is 30.3 Å². The van der Waals surface area contributed by atoms with Gasteiger partial charge < -0.3 is 4.74 Å². The van der Waals surface area contributed by atoms with Crippen LogP contribution in [0.2, 0.25) is 0 Å². The summed E-state index contributed by atoms with van der Waals surface area (Å²) in [4.78, 5) is 11.5. The van der Waals surface area contributed by atoms with Gasteiger partial charge in [0.05, 0.1) is 12.7 Å². The number of epoxide rings is 1. The molecule has 0 N–H and O–H groups in total. The van der Waals surface area contributed by atoms with Crippen molar-refractivity contribution in [3.05, 3.63) is 35.9 Å². The molecule has 1 atom stereocenters. The Hall–Kier alpha value is -1.15. The van der Waals surface area contributed by atoms with Gasteiger partial charge in [-0.2, -0.15) is 0 Å². The summed E-state index contributed by atoms with van der Waals surface area (Å²) in [5.41, 5.74) is 0.808. The maximum Gasteiger partial charge on any atom is 0.162 e. The largest absolute Gasteiger partial charge is 0.373 e. The molecule has 0 unspecified atom stereocenters. The molecule has 2 heteroatoms. The van der Waals surface area contributed by atoms with E-state index in [4.69, 9.17) is 4.74 Å². The molecule has 1 aliphatic heterocycles. The van der Waals surface area contributed by atoms with Crippen LogP contribution in [0.25, 0.3) is 0 Å². The Bertz CT molecular complexity index is 288. The zero-order valence-corrected chi connectivity index (χ0v) is 7.40. The van der Waals surface area contributed by atoms with E-state index in [0.717, 1.165) is 18.6 Å². The molecule has 0 spiro atoms. The summed E-state index contributed by atoms with van der Waals surface area (Å²) in [6.07, 6.45) is 1.83. The first kappa shape index (κ1) is 8.45. The lowest BCUT2D eigenvalue weighted by molar-refractivity contribution is 0.0976. The molecule has 0 saturated carbocycles. The monoisotopic (exact) mass is 176 g/mol. The smallest absolute Gasteiger partial charge is 0.162 e. The van der Waals surface area contributed by atoms with Crippen LogP contribution in [0, 0.1) is 0 Å². The normalized spacial score (nSPS) is 19.8. The highest BCUT2D eigenvalue weighted by Crippen LogP contribution is 2.17. The molecule has 2 nitrogen and oxygen atoms in total. The maximum atomic E-state index is 11.5. The number of carbonyl (C=O) groups is 1. The third-order valence-corrected chi connectivity index (χ3v) is 2.19. The van der Waals surface area contributed by atoms with E-state index in [1.54, 1.807) is 0 Å². The number of benzene rings is 1. The van der Waals surface area contributed by atoms with Gasteiger partial charge in [0.2, 0.25) is 0 Å². The summed E-state index contributed by atoms with van der Waals surface area (Å²) in [5.74, 6) is 0.219. The van der Waals surface area contributed by atoms with Gasteiger partial charge in [-0.25, -0.2) is 0 Å². The van der Waals surface area contributed by atoms with Crippen LogP contribution >= 0.6 is 0 Å². The van der Waals surface area contributed by atoms with Crippen molar-refractivity contribution in [2.45, 2.75) is 18.9 Å². The summed E-state index contributed by atoms with van der Waals surface area (Å²) in [6, 6.07) is 9.41. The van der Waals surface area contributed by atoms with Gasteiger partial charge in [0, 0.05) is 12.0 Å². The molecule has 0 bridgehead atoms. The second-order valence-electron chi connectivity index (χ2n) is 3.28. The van der Waals surface area contributed by atoms with Crippen molar-refractivity contribution in [1.82, 2.24) is 0 Å². The average Bonchev–Trinajstić information content (AvgIpc) is 2.99. The number of hydrogen-bond acceptors (Lipinski definition) is 2. The molecule has 1 aliphatic rings. The topological polar surface area (TPSA) is 29.6 Å². The van der Waals surface area contributed by atoms with Gasteiger partial charge >= 0.3 is 0 Å². The lowest BCUT2D eigenvalue weighted by atomic mass is 10.1. The first-order valence-corrected chi connectivity index (χ1v) is 4.56. The van der Waals surface area contributed by atoms with Gasteiger partial charge in [0.15, 0.2) is 5.78 Å². The summed E-state index contributed by atoms with van der Waals surface area (Å²) in [6.45, 7) is 0.835. The molecule has 0 radical (unpaired) electrons. The number of ketones is 1. The maximum absolute atomic E-state index is 11.5. The van der Waals surface area contributed by atoms with E-state index in [1.165, 1.54) is 0 Å². The van der Waals surface area contributed by atoms with E-state index in [-0.39, 0.29) is 5.78 Å².